The normalized spacial score (nSPS) is 20.8. The maximum atomic E-state index is 9.55. The summed E-state index contributed by atoms with van der Waals surface area (Å²) in [5.41, 5.74) is 0. The van der Waals surface area contributed by atoms with Crippen LogP contribution in [0.2, 0.25) is 0 Å². The van der Waals surface area contributed by atoms with E-state index in [0.29, 0.717) is 0 Å². The SMILES string of the molecule is CC[C@@H](C)[C@@H](O)[C@H](O)[C@@H](O)CNC. The van der Waals surface area contributed by atoms with Crippen LogP contribution >= 0.6 is 0 Å². The molecule has 0 spiro atoms. The topological polar surface area (TPSA) is 72.7 Å². The van der Waals surface area contributed by atoms with E-state index >= 15 is 0 Å². The van der Waals surface area contributed by atoms with Gasteiger partial charge in [-0.1, -0.05) is 20.3 Å². The Morgan fingerprint density at radius 1 is 1.15 bits per heavy atom. The van der Waals surface area contributed by atoms with Gasteiger partial charge in [0.15, 0.2) is 0 Å². The number of nitrogens with one attached hydrogen (secondary N) is 1. The summed E-state index contributed by atoms with van der Waals surface area (Å²) < 4.78 is 0. The Morgan fingerprint density at radius 2 is 1.69 bits per heavy atom. The van der Waals surface area contributed by atoms with E-state index in [1.807, 2.05) is 13.8 Å². The Morgan fingerprint density at radius 3 is 2.08 bits per heavy atom. The standard InChI is InChI=1S/C9H21NO3/c1-4-6(2)8(12)9(13)7(11)5-10-3/h6-13H,4-5H2,1-3H3/t6-,7+,8-,9-/m1/s1. The minimum Gasteiger partial charge on any atom is -0.390 e. The summed E-state index contributed by atoms with van der Waals surface area (Å²) >= 11 is 0. The molecule has 0 aliphatic heterocycles. The molecule has 0 aromatic carbocycles. The van der Waals surface area contributed by atoms with E-state index in [4.69, 9.17) is 0 Å². The van der Waals surface area contributed by atoms with E-state index in [1.54, 1.807) is 7.05 Å². The molecule has 0 saturated carbocycles. The van der Waals surface area contributed by atoms with Gasteiger partial charge < -0.3 is 20.6 Å². The Labute approximate surface area is 79.6 Å². The molecule has 13 heavy (non-hydrogen) atoms. The van der Waals surface area contributed by atoms with E-state index in [9.17, 15) is 15.3 Å². The molecule has 0 saturated heterocycles. The monoisotopic (exact) mass is 191 g/mol. The van der Waals surface area contributed by atoms with Gasteiger partial charge in [-0.2, -0.15) is 0 Å². The number of hydrogen-bond acceptors (Lipinski definition) is 4. The summed E-state index contributed by atoms with van der Waals surface area (Å²) in [5, 5.41) is 31.1. The zero-order valence-corrected chi connectivity index (χ0v) is 8.57. The van der Waals surface area contributed by atoms with Crippen molar-refractivity contribution in [3.8, 4) is 0 Å². The molecule has 0 fully saturated rings. The number of likely N-dealkylation sites (N-methyl/N-ethyl adjacent to an activating group) is 1. The summed E-state index contributed by atoms with van der Waals surface area (Å²) in [7, 11) is 1.69. The molecule has 4 atom stereocenters. The van der Waals surface area contributed by atoms with Crippen LogP contribution in [0.3, 0.4) is 0 Å². The fraction of sp³-hybridized carbons (Fsp3) is 1.00. The molecule has 4 N–H and O–H groups in total. The van der Waals surface area contributed by atoms with E-state index in [0.717, 1.165) is 6.42 Å². The largest absolute Gasteiger partial charge is 0.390 e. The van der Waals surface area contributed by atoms with E-state index in [1.165, 1.54) is 0 Å². The maximum Gasteiger partial charge on any atom is 0.107 e. The number of hydrogen-bond donors (Lipinski definition) is 4. The second kappa shape index (κ2) is 6.32. The number of aliphatic hydroxyl groups is 3. The average molecular weight is 191 g/mol. The van der Waals surface area contributed by atoms with Crippen molar-refractivity contribution in [1.29, 1.82) is 0 Å². The Balaban J connectivity index is 3.99. The summed E-state index contributed by atoms with van der Waals surface area (Å²) in [4.78, 5) is 0. The molecular weight excluding hydrogens is 170 g/mol. The van der Waals surface area contributed by atoms with Gasteiger partial charge in [0.25, 0.3) is 0 Å². The average Bonchev–Trinajstić information content (AvgIpc) is 2.14. The molecule has 80 valence electrons. The molecule has 4 nitrogen and oxygen atoms in total. The van der Waals surface area contributed by atoms with Crippen LogP contribution in [0.25, 0.3) is 0 Å². The number of aliphatic hydroxyl groups excluding tert-OH is 3. The van der Waals surface area contributed by atoms with Crippen LogP contribution < -0.4 is 5.32 Å². The van der Waals surface area contributed by atoms with Crippen molar-refractivity contribution >= 4 is 0 Å². The van der Waals surface area contributed by atoms with Crippen molar-refractivity contribution in [2.45, 2.75) is 38.6 Å². The van der Waals surface area contributed by atoms with E-state index in [-0.39, 0.29) is 12.5 Å². The third-order valence-corrected chi connectivity index (χ3v) is 2.38. The van der Waals surface area contributed by atoms with E-state index in [2.05, 4.69) is 5.32 Å². The van der Waals surface area contributed by atoms with E-state index < -0.39 is 18.3 Å². The van der Waals surface area contributed by atoms with Crippen molar-refractivity contribution < 1.29 is 15.3 Å². The summed E-state index contributed by atoms with van der Waals surface area (Å²) in [6, 6.07) is 0. The second-order valence-corrected chi connectivity index (χ2v) is 3.49. The molecule has 0 unspecified atom stereocenters. The maximum absolute atomic E-state index is 9.55. The van der Waals surface area contributed by atoms with Crippen molar-refractivity contribution in [2.75, 3.05) is 13.6 Å². The Hall–Kier alpha value is -0.160. The van der Waals surface area contributed by atoms with Gasteiger partial charge in [0, 0.05) is 6.54 Å². The van der Waals surface area contributed by atoms with Crippen molar-refractivity contribution in [1.82, 2.24) is 5.32 Å². The van der Waals surface area contributed by atoms with Gasteiger partial charge in [-0.05, 0) is 13.0 Å². The minimum atomic E-state index is -1.07. The lowest BCUT2D eigenvalue weighted by molar-refractivity contribution is -0.0769. The summed E-state index contributed by atoms with van der Waals surface area (Å²) in [6.45, 7) is 4.07. The fourth-order valence-electron chi connectivity index (χ4n) is 1.14. The third-order valence-electron chi connectivity index (χ3n) is 2.38. The van der Waals surface area contributed by atoms with Gasteiger partial charge in [0.1, 0.15) is 6.10 Å². The van der Waals surface area contributed by atoms with Gasteiger partial charge >= 0.3 is 0 Å². The molecular formula is C9H21NO3. The minimum absolute atomic E-state index is 0.00139. The Bertz CT molecular complexity index is 132. The van der Waals surface area contributed by atoms with Crippen LogP contribution in [0.5, 0.6) is 0 Å². The molecule has 0 aliphatic rings. The first-order valence-electron chi connectivity index (χ1n) is 4.73. The molecule has 0 rings (SSSR count). The molecule has 0 heterocycles. The summed E-state index contributed by atoms with van der Waals surface area (Å²) in [5.74, 6) is 0.00139. The van der Waals surface area contributed by atoms with Gasteiger partial charge in [-0.3, -0.25) is 0 Å². The van der Waals surface area contributed by atoms with Gasteiger partial charge in [0.2, 0.25) is 0 Å². The van der Waals surface area contributed by atoms with Gasteiger partial charge in [0.05, 0.1) is 12.2 Å². The lowest BCUT2D eigenvalue weighted by Crippen LogP contribution is -2.45. The predicted octanol–water partition coefficient (Wildman–Crippen LogP) is -0.665. The molecule has 0 aliphatic carbocycles. The predicted molar refractivity (Wildman–Crippen MR) is 51.4 cm³/mol. The highest BCUT2D eigenvalue weighted by molar-refractivity contribution is 4.79. The van der Waals surface area contributed by atoms with Crippen molar-refractivity contribution in [2.24, 2.45) is 5.92 Å². The summed E-state index contributed by atoms with van der Waals surface area (Å²) in [6.07, 6.45) is -2.05. The molecule has 4 heteroatoms. The lowest BCUT2D eigenvalue weighted by Gasteiger charge is -2.26. The van der Waals surface area contributed by atoms with Crippen LogP contribution in [-0.2, 0) is 0 Å². The van der Waals surface area contributed by atoms with Crippen LogP contribution in [-0.4, -0.2) is 47.2 Å². The molecule has 0 aromatic heterocycles. The van der Waals surface area contributed by atoms with Crippen LogP contribution in [0.15, 0.2) is 0 Å². The fourth-order valence-corrected chi connectivity index (χ4v) is 1.14. The third kappa shape index (κ3) is 4.04. The first kappa shape index (κ1) is 12.8. The quantitative estimate of drug-likeness (QED) is 0.449. The first-order valence-corrected chi connectivity index (χ1v) is 4.73. The second-order valence-electron chi connectivity index (χ2n) is 3.49. The molecule has 0 amide bonds. The van der Waals surface area contributed by atoms with Crippen LogP contribution in [0.4, 0.5) is 0 Å². The molecule has 0 bridgehead atoms. The highest BCUT2D eigenvalue weighted by Crippen LogP contribution is 2.13. The molecule has 0 aromatic rings. The van der Waals surface area contributed by atoms with Crippen LogP contribution in [0, 0.1) is 5.92 Å². The van der Waals surface area contributed by atoms with Crippen molar-refractivity contribution in [3.63, 3.8) is 0 Å². The first-order chi connectivity index (χ1) is 6.04. The van der Waals surface area contributed by atoms with Crippen LogP contribution in [0.1, 0.15) is 20.3 Å². The number of rotatable bonds is 6. The molecule has 0 radical (unpaired) electrons. The lowest BCUT2D eigenvalue weighted by atomic mass is 9.94. The zero-order chi connectivity index (χ0) is 10.4. The Kier molecular flexibility index (Phi) is 6.24. The highest BCUT2D eigenvalue weighted by Gasteiger charge is 2.27. The zero-order valence-electron chi connectivity index (χ0n) is 8.57. The highest BCUT2D eigenvalue weighted by atomic mass is 16.4. The van der Waals surface area contributed by atoms with Gasteiger partial charge in [-0.15, -0.1) is 0 Å². The smallest absolute Gasteiger partial charge is 0.107 e. The van der Waals surface area contributed by atoms with Crippen molar-refractivity contribution in [3.05, 3.63) is 0 Å². The van der Waals surface area contributed by atoms with Gasteiger partial charge in [-0.25, -0.2) is 0 Å².